The molecule has 0 spiro atoms. The number of rotatable bonds is 17. The van der Waals surface area contributed by atoms with Crippen LogP contribution in [0.5, 0.6) is 0 Å². The quantitative estimate of drug-likeness (QED) is 0.0545. The first-order valence-corrected chi connectivity index (χ1v) is 20.2. The van der Waals surface area contributed by atoms with Crippen LogP contribution in [0.2, 0.25) is 0 Å². The van der Waals surface area contributed by atoms with E-state index >= 15 is 4.39 Å². The van der Waals surface area contributed by atoms with Gasteiger partial charge in [0, 0.05) is 31.2 Å². The number of amides is 3. The molecule has 10 nitrogen and oxygen atoms in total. The third-order valence-electron chi connectivity index (χ3n) is 10.0. The van der Waals surface area contributed by atoms with Crippen LogP contribution in [0, 0.1) is 24.1 Å². The molecule has 1 aromatic heterocycles. The molecule has 1 aliphatic heterocycles. The molecule has 1 aliphatic rings. The molecule has 3 amide bonds. The molecular weight excluding hydrogens is 791 g/mol. The molecular formula is C42H45F4N7O3S2. The lowest BCUT2D eigenvalue weighted by Gasteiger charge is -2.29. The second-order valence-corrected chi connectivity index (χ2v) is 15.8. The zero-order chi connectivity index (χ0) is 42.2. The molecule has 4 aromatic rings. The number of hydrogen-bond donors (Lipinski definition) is 3. The molecule has 16 heteroatoms. The van der Waals surface area contributed by atoms with Crippen LogP contribution in [-0.4, -0.2) is 46.4 Å². The molecule has 1 unspecified atom stereocenters. The lowest BCUT2D eigenvalue weighted by molar-refractivity contribution is -0.137. The number of anilines is 2. The topological polar surface area (TPSA) is 144 Å². The number of aryl methyl sites for hydroxylation is 1. The van der Waals surface area contributed by atoms with Crippen molar-refractivity contribution in [2.45, 2.75) is 89.9 Å². The van der Waals surface area contributed by atoms with Crippen LogP contribution in [0.4, 0.5) is 28.9 Å². The monoisotopic (exact) mass is 835 g/mol. The minimum absolute atomic E-state index is 0.0788. The molecule has 0 saturated carbocycles. The molecule has 1 saturated heterocycles. The summed E-state index contributed by atoms with van der Waals surface area (Å²) in [6.45, 7) is 5.91. The van der Waals surface area contributed by atoms with Crippen molar-refractivity contribution in [3.05, 3.63) is 99.9 Å². The number of hydrogen-bond acceptors (Lipinski definition) is 8. The number of thiocarbonyl (C=S) groups is 1. The number of benzene rings is 3. The van der Waals surface area contributed by atoms with Gasteiger partial charge in [-0.3, -0.25) is 19.3 Å². The standard InChI is InChI=1S/C42H45F4N7O3S2/c1-26-37(58-25-51-26)28-13-11-27(12-14-28)35(48)23-36(54)49-19-9-7-5-4-6-8-10-20-50-38(55)32-18-17-31(22-34(32)43)53-40(57)52(39(56)41(53,2)3)30-16-15-29(24-47)33(21-30)42(44,45)46/h11-18,21-22,25,35H,4-10,19-20,23,48H2,1-3H3,(H,49,54)(H,50,55). The molecule has 2 heterocycles. The molecule has 5 rings (SSSR count). The van der Waals surface area contributed by atoms with Gasteiger partial charge in [0.05, 0.1) is 44.5 Å². The van der Waals surface area contributed by atoms with E-state index in [1.54, 1.807) is 11.3 Å². The zero-order valence-electron chi connectivity index (χ0n) is 32.4. The highest BCUT2D eigenvalue weighted by Gasteiger charge is 2.51. The van der Waals surface area contributed by atoms with Crippen molar-refractivity contribution in [3.8, 4) is 16.5 Å². The van der Waals surface area contributed by atoms with Gasteiger partial charge < -0.3 is 21.3 Å². The maximum Gasteiger partial charge on any atom is 0.417 e. The van der Waals surface area contributed by atoms with Crippen molar-refractivity contribution in [2.24, 2.45) is 5.73 Å². The Morgan fingerprint density at radius 3 is 2.16 bits per heavy atom. The fourth-order valence-corrected chi connectivity index (χ4v) is 8.13. The van der Waals surface area contributed by atoms with Crippen LogP contribution in [0.25, 0.3) is 10.4 Å². The van der Waals surface area contributed by atoms with Gasteiger partial charge in [-0.25, -0.2) is 9.37 Å². The molecule has 0 aliphatic carbocycles. The third kappa shape index (κ3) is 10.2. The van der Waals surface area contributed by atoms with Crippen LogP contribution in [0.15, 0.2) is 66.2 Å². The number of nitrogens with one attached hydrogen (secondary N) is 2. The molecule has 306 valence electrons. The molecule has 1 fully saturated rings. The Labute approximate surface area is 344 Å². The minimum atomic E-state index is -4.85. The first kappa shape index (κ1) is 43.9. The van der Waals surface area contributed by atoms with Gasteiger partial charge in [0.25, 0.3) is 11.8 Å². The molecule has 0 radical (unpaired) electrons. The SMILES string of the molecule is Cc1ncsc1-c1ccc(C(N)CC(=O)NCCCCCCCCCNC(=O)c2ccc(N3C(=S)N(c4ccc(C#N)c(C(F)(F)F)c4)C(=O)C3(C)C)cc2F)cc1. The Morgan fingerprint density at radius 1 is 0.948 bits per heavy atom. The van der Waals surface area contributed by atoms with Gasteiger partial charge in [0.2, 0.25) is 5.91 Å². The van der Waals surface area contributed by atoms with Crippen molar-refractivity contribution in [1.82, 2.24) is 15.6 Å². The maximum absolute atomic E-state index is 15.3. The van der Waals surface area contributed by atoms with Gasteiger partial charge in [-0.15, -0.1) is 11.3 Å². The highest BCUT2D eigenvalue weighted by atomic mass is 32.1. The van der Waals surface area contributed by atoms with Crippen LogP contribution in [-0.2, 0) is 15.8 Å². The van der Waals surface area contributed by atoms with Crippen molar-refractivity contribution < 1.29 is 31.9 Å². The smallest absolute Gasteiger partial charge is 0.356 e. The summed E-state index contributed by atoms with van der Waals surface area (Å²) in [4.78, 5) is 46.4. The number of nitriles is 1. The molecule has 3 aromatic carbocycles. The Hall–Kier alpha value is -5.24. The van der Waals surface area contributed by atoms with Gasteiger partial charge >= 0.3 is 6.18 Å². The summed E-state index contributed by atoms with van der Waals surface area (Å²) in [6.07, 6.45) is 1.74. The van der Waals surface area contributed by atoms with Crippen molar-refractivity contribution >= 4 is 57.8 Å². The molecule has 0 bridgehead atoms. The first-order chi connectivity index (χ1) is 27.5. The Bertz CT molecular complexity index is 2180. The van der Waals surface area contributed by atoms with Gasteiger partial charge in [-0.05, 0) is 93.4 Å². The van der Waals surface area contributed by atoms with E-state index in [-0.39, 0.29) is 40.4 Å². The number of alkyl halides is 3. The number of nitrogens with two attached hydrogens (primary N) is 1. The van der Waals surface area contributed by atoms with Crippen molar-refractivity contribution in [3.63, 3.8) is 0 Å². The van der Waals surface area contributed by atoms with E-state index in [9.17, 15) is 27.6 Å². The van der Waals surface area contributed by atoms with Crippen LogP contribution < -0.4 is 26.2 Å². The lowest BCUT2D eigenvalue weighted by Crippen LogP contribution is -2.44. The van der Waals surface area contributed by atoms with Gasteiger partial charge in [0.15, 0.2) is 5.11 Å². The van der Waals surface area contributed by atoms with Gasteiger partial charge in [0.1, 0.15) is 11.4 Å². The van der Waals surface area contributed by atoms with Crippen molar-refractivity contribution in [1.29, 1.82) is 5.26 Å². The van der Waals surface area contributed by atoms with Gasteiger partial charge in [-0.1, -0.05) is 56.4 Å². The normalized spacial score (nSPS) is 14.4. The van der Waals surface area contributed by atoms with E-state index in [1.807, 2.05) is 36.7 Å². The molecule has 4 N–H and O–H groups in total. The lowest BCUT2D eigenvalue weighted by atomic mass is 10.0. The minimum Gasteiger partial charge on any atom is -0.356 e. The average Bonchev–Trinajstić information content (AvgIpc) is 3.68. The second-order valence-electron chi connectivity index (χ2n) is 14.6. The predicted octanol–water partition coefficient (Wildman–Crippen LogP) is 8.73. The van der Waals surface area contributed by atoms with E-state index in [4.69, 9.17) is 23.2 Å². The number of aromatic nitrogens is 1. The van der Waals surface area contributed by atoms with Crippen molar-refractivity contribution in [2.75, 3.05) is 22.9 Å². The van der Waals surface area contributed by atoms with E-state index < -0.39 is 40.5 Å². The van der Waals surface area contributed by atoms with Crippen LogP contribution in [0.1, 0.15) is 104 Å². The summed E-state index contributed by atoms with van der Waals surface area (Å²) in [6, 6.07) is 15.7. The van der Waals surface area contributed by atoms with E-state index in [0.717, 1.165) is 77.3 Å². The van der Waals surface area contributed by atoms with E-state index in [0.29, 0.717) is 25.6 Å². The number of halogens is 4. The maximum atomic E-state index is 15.3. The second kappa shape index (κ2) is 19.0. The third-order valence-corrected chi connectivity index (χ3v) is 11.4. The number of thiazole rings is 1. The molecule has 1 atom stereocenters. The van der Waals surface area contributed by atoms with E-state index in [2.05, 4.69) is 15.6 Å². The number of nitrogens with zero attached hydrogens (tertiary/aromatic N) is 4. The Morgan fingerprint density at radius 2 is 1.57 bits per heavy atom. The van der Waals surface area contributed by atoms with Crippen LogP contribution >= 0.6 is 23.6 Å². The molecule has 58 heavy (non-hydrogen) atoms. The zero-order valence-corrected chi connectivity index (χ0v) is 34.1. The van der Waals surface area contributed by atoms with Crippen LogP contribution in [0.3, 0.4) is 0 Å². The van der Waals surface area contributed by atoms with Gasteiger partial charge in [-0.2, -0.15) is 18.4 Å². The highest BCUT2D eigenvalue weighted by molar-refractivity contribution is 7.81. The summed E-state index contributed by atoms with van der Waals surface area (Å²) in [5, 5.41) is 14.7. The van der Waals surface area contributed by atoms with E-state index in [1.165, 1.54) is 43.0 Å². The average molecular weight is 836 g/mol. The Balaban J connectivity index is 0.986. The summed E-state index contributed by atoms with van der Waals surface area (Å²) in [5.74, 6) is -2.20. The predicted molar refractivity (Wildman–Crippen MR) is 221 cm³/mol. The summed E-state index contributed by atoms with van der Waals surface area (Å²) < 4.78 is 56.3. The number of carbonyl (C=O) groups is 3. The summed E-state index contributed by atoms with van der Waals surface area (Å²) >= 11 is 7.11. The largest absolute Gasteiger partial charge is 0.417 e. The first-order valence-electron chi connectivity index (χ1n) is 18.9. The highest BCUT2D eigenvalue weighted by Crippen LogP contribution is 2.40. The number of carbonyl (C=O) groups excluding carboxylic acids is 3. The fraction of sp³-hybridized carbons (Fsp3) is 0.381. The Kier molecular flexibility index (Phi) is 14.4. The number of unbranched alkanes of at least 4 members (excludes halogenated alkanes) is 6. The summed E-state index contributed by atoms with van der Waals surface area (Å²) in [5.41, 5.74) is 7.59. The fourth-order valence-electron chi connectivity index (χ4n) is 6.80. The summed E-state index contributed by atoms with van der Waals surface area (Å²) in [7, 11) is 0.